The summed E-state index contributed by atoms with van der Waals surface area (Å²) in [7, 11) is 1.62. The van der Waals surface area contributed by atoms with Crippen LogP contribution in [0.2, 0.25) is 0 Å². The van der Waals surface area contributed by atoms with Crippen LogP contribution in [0.5, 0.6) is 5.75 Å². The molecule has 21 heavy (non-hydrogen) atoms. The number of methoxy groups -OCH3 is 1. The van der Waals surface area contributed by atoms with Crippen molar-refractivity contribution < 1.29 is 13.9 Å². The highest BCUT2D eigenvalue weighted by atomic mass is 79.9. The summed E-state index contributed by atoms with van der Waals surface area (Å²) >= 11 is 3.19. The van der Waals surface area contributed by atoms with Gasteiger partial charge in [0.2, 0.25) is 0 Å². The molecule has 0 radical (unpaired) electrons. The van der Waals surface area contributed by atoms with Gasteiger partial charge >= 0.3 is 0 Å². The first kappa shape index (κ1) is 15.5. The monoisotopic (exact) mass is 351 g/mol. The zero-order valence-corrected chi connectivity index (χ0v) is 13.1. The second-order valence-electron chi connectivity index (χ2n) is 4.44. The first-order valence-electron chi connectivity index (χ1n) is 6.47. The molecule has 0 heterocycles. The van der Waals surface area contributed by atoms with Crippen molar-refractivity contribution in [3.05, 3.63) is 63.9 Å². The van der Waals surface area contributed by atoms with Crippen molar-refractivity contribution >= 4 is 21.8 Å². The van der Waals surface area contributed by atoms with Crippen LogP contribution >= 0.6 is 15.9 Å². The van der Waals surface area contributed by atoms with Crippen molar-refractivity contribution in [3.63, 3.8) is 0 Å². The number of ether oxygens (including phenoxy) is 1. The van der Waals surface area contributed by atoms with E-state index in [2.05, 4.69) is 21.2 Å². The topological polar surface area (TPSA) is 38.3 Å². The van der Waals surface area contributed by atoms with Crippen LogP contribution in [0.1, 0.15) is 15.9 Å². The van der Waals surface area contributed by atoms with E-state index in [1.807, 2.05) is 24.3 Å². The highest BCUT2D eigenvalue weighted by molar-refractivity contribution is 9.10. The number of hydrogen-bond donors (Lipinski definition) is 1. The van der Waals surface area contributed by atoms with Gasteiger partial charge in [0.05, 0.1) is 12.7 Å². The average Bonchev–Trinajstić information content (AvgIpc) is 2.47. The van der Waals surface area contributed by atoms with Gasteiger partial charge in [-0.05, 0) is 52.2 Å². The number of halogens is 2. The zero-order chi connectivity index (χ0) is 15.2. The molecule has 0 aliphatic rings. The van der Waals surface area contributed by atoms with Gasteiger partial charge in [-0.15, -0.1) is 0 Å². The van der Waals surface area contributed by atoms with Crippen LogP contribution in [0.4, 0.5) is 4.39 Å². The maximum atomic E-state index is 13.0. The van der Waals surface area contributed by atoms with Gasteiger partial charge in [0.25, 0.3) is 5.91 Å². The Kier molecular flexibility index (Phi) is 5.33. The Bertz CT molecular complexity index is 646. The van der Waals surface area contributed by atoms with Gasteiger partial charge in [0.1, 0.15) is 11.6 Å². The fourth-order valence-electron chi connectivity index (χ4n) is 1.99. The van der Waals surface area contributed by atoms with E-state index in [-0.39, 0.29) is 11.7 Å². The third-order valence-corrected chi connectivity index (χ3v) is 3.70. The summed E-state index contributed by atoms with van der Waals surface area (Å²) in [5, 5.41) is 2.81. The predicted octanol–water partition coefficient (Wildman–Crippen LogP) is 3.57. The Labute approximate surface area is 131 Å². The normalized spacial score (nSPS) is 10.2. The van der Waals surface area contributed by atoms with Crippen molar-refractivity contribution in [3.8, 4) is 5.75 Å². The molecular weight excluding hydrogens is 337 g/mol. The summed E-state index contributed by atoms with van der Waals surface area (Å²) < 4.78 is 18.7. The first-order valence-corrected chi connectivity index (χ1v) is 7.26. The van der Waals surface area contributed by atoms with Gasteiger partial charge in [-0.1, -0.05) is 18.2 Å². The molecule has 0 aliphatic heterocycles. The van der Waals surface area contributed by atoms with Crippen molar-refractivity contribution in [2.75, 3.05) is 13.7 Å². The molecule has 0 saturated heterocycles. The summed E-state index contributed by atoms with van der Waals surface area (Å²) in [4.78, 5) is 12.0. The first-order chi connectivity index (χ1) is 10.1. The van der Waals surface area contributed by atoms with Crippen LogP contribution in [0.25, 0.3) is 0 Å². The van der Waals surface area contributed by atoms with E-state index >= 15 is 0 Å². The largest absolute Gasteiger partial charge is 0.496 e. The number of amides is 1. The van der Waals surface area contributed by atoms with E-state index in [1.165, 1.54) is 18.2 Å². The Hall–Kier alpha value is -1.88. The number of nitrogens with one attached hydrogen (secondary N) is 1. The second kappa shape index (κ2) is 7.22. The number of hydrogen-bond acceptors (Lipinski definition) is 2. The van der Waals surface area contributed by atoms with Crippen LogP contribution in [0.3, 0.4) is 0 Å². The lowest BCUT2D eigenvalue weighted by Crippen LogP contribution is -2.26. The van der Waals surface area contributed by atoms with Gasteiger partial charge in [0, 0.05) is 11.0 Å². The smallest absolute Gasteiger partial charge is 0.252 e. The van der Waals surface area contributed by atoms with Crippen LogP contribution in [-0.4, -0.2) is 19.6 Å². The molecule has 0 aliphatic carbocycles. The fraction of sp³-hybridized carbons (Fsp3) is 0.188. The van der Waals surface area contributed by atoms with E-state index in [0.717, 1.165) is 11.3 Å². The predicted molar refractivity (Wildman–Crippen MR) is 83.1 cm³/mol. The molecule has 2 aromatic rings. The maximum absolute atomic E-state index is 13.0. The molecule has 1 N–H and O–H groups in total. The van der Waals surface area contributed by atoms with E-state index in [4.69, 9.17) is 4.74 Å². The molecule has 0 aromatic heterocycles. The Morgan fingerprint density at radius 2 is 2.05 bits per heavy atom. The molecule has 2 rings (SSSR count). The van der Waals surface area contributed by atoms with Gasteiger partial charge in [-0.3, -0.25) is 4.79 Å². The third-order valence-electron chi connectivity index (χ3n) is 3.05. The number of benzene rings is 2. The van der Waals surface area contributed by atoms with E-state index in [9.17, 15) is 9.18 Å². The number of carbonyl (C=O) groups is 1. The SMILES string of the molecule is COc1ccccc1CCNC(=O)c1ccc(F)cc1Br. The third kappa shape index (κ3) is 4.04. The van der Waals surface area contributed by atoms with Crippen LogP contribution in [-0.2, 0) is 6.42 Å². The molecule has 0 fully saturated rings. The molecule has 0 bridgehead atoms. The Morgan fingerprint density at radius 1 is 1.29 bits per heavy atom. The van der Waals surface area contributed by atoms with Crippen LogP contribution in [0, 0.1) is 5.82 Å². The molecule has 3 nitrogen and oxygen atoms in total. The molecule has 5 heteroatoms. The summed E-state index contributed by atoms with van der Waals surface area (Å²) in [6, 6.07) is 11.7. The van der Waals surface area contributed by atoms with E-state index in [0.29, 0.717) is 23.0 Å². The zero-order valence-electron chi connectivity index (χ0n) is 11.5. The summed E-state index contributed by atoms with van der Waals surface area (Å²) in [5.41, 5.74) is 1.44. The Balaban J connectivity index is 1.95. The minimum Gasteiger partial charge on any atom is -0.496 e. The lowest BCUT2D eigenvalue weighted by Gasteiger charge is -2.10. The molecule has 0 atom stereocenters. The lowest BCUT2D eigenvalue weighted by atomic mass is 10.1. The number of para-hydroxylation sites is 1. The molecule has 110 valence electrons. The second-order valence-corrected chi connectivity index (χ2v) is 5.30. The standard InChI is InChI=1S/C16H15BrFNO2/c1-21-15-5-3-2-4-11(15)8-9-19-16(20)13-7-6-12(18)10-14(13)17/h2-7,10H,8-9H2,1H3,(H,19,20). The lowest BCUT2D eigenvalue weighted by molar-refractivity contribution is 0.0953. The highest BCUT2D eigenvalue weighted by Crippen LogP contribution is 2.19. The fourth-order valence-corrected chi connectivity index (χ4v) is 2.52. The molecule has 0 saturated carbocycles. The minimum atomic E-state index is -0.382. The van der Waals surface area contributed by atoms with Crippen LogP contribution < -0.4 is 10.1 Å². The quantitative estimate of drug-likeness (QED) is 0.894. The number of rotatable bonds is 5. The summed E-state index contributed by atoms with van der Waals surface area (Å²) in [6.45, 7) is 0.475. The molecular formula is C16H15BrFNO2. The molecule has 0 unspecified atom stereocenters. The van der Waals surface area contributed by atoms with Gasteiger partial charge in [-0.2, -0.15) is 0 Å². The van der Waals surface area contributed by atoms with Gasteiger partial charge in [-0.25, -0.2) is 4.39 Å². The van der Waals surface area contributed by atoms with Crippen LogP contribution in [0.15, 0.2) is 46.9 Å². The Morgan fingerprint density at radius 3 is 2.76 bits per heavy atom. The minimum absolute atomic E-state index is 0.239. The van der Waals surface area contributed by atoms with E-state index in [1.54, 1.807) is 7.11 Å². The summed E-state index contributed by atoms with van der Waals surface area (Å²) in [5.74, 6) is 0.180. The van der Waals surface area contributed by atoms with Gasteiger partial charge in [0.15, 0.2) is 0 Å². The maximum Gasteiger partial charge on any atom is 0.252 e. The molecule has 1 amide bonds. The van der Waals surface area contributed by atoms with Crippen molar-refractivity contribution in [1.29, 1.82) is 0 Å². The van der Waals surface area contributed by atoms with Gasteiger partial charge < -0.3 is 10.1 Å². The van der Waals surface area contributed by atoms with E-state index < -0.39 is 0 Å². The highest BCUT2D eigenvalue weighted by Gasteiger charge is 2.10. The summed E-state index contributed by atoms with van der Waals surface area (Å²) in [6.07, 6.45) is 0.661. The molecule has 0 spiro atoms. The van der Waals surface area contributed by atoms with Crippen molar-refractivity contribution in [2.45, 2.75) is 6.42 Å². The van der Waals surface area contributed by atoms with Crippen molar-refractivity contribution in [1.82, 2.24) is 5.32 Å². The average molecular weight is 352 g/mol. The molecule has 2 aromatic carbocycles. The number of carbonyl (C=O) groups excluding carboxylic acids is 1. The van der Waals surface area contributed by atoms with Crippen molar-refractivity contribution in [2.24, 2.45) is 0 Å².